The van der Waals surface area contributed by atoms with Gasteiger partial charge in [0.1, 0.15) is 5.75 Å². The Morgan fingerprint density at radius 3 is 2.34 bits per heavy atom. The van der Waals surface area contributed by atoms with Crippen molar-refractivity contribution in [2.75, 3.05) is 33.3 Å². The molecule has 1 fully saturated rings. The predicted octanol–water partition coefficient (Wildman–Crippen LogP) is 3.96. The topological polar surface area (TPSA) is 61.9 Å². The number of piperazine rings is 1. The quantitative estimate of drug-likeness (QED) is 0.747. The summed E-state index contributed by atoms with van der Waals surface area (Å²) in [7, 11) is 1.64. The lowest BCUT2D eigenvalue weighted by molar-refractivity contribution is -0.132. The van der Waals surface area contributed by atoms with Crippen molar-refractivity contribution in [2.24, 2.45) is 0 Å². The molecule has 0 aliphatic carbocycles. The second-order valence-corrected chi connectivity index (χ2v) is 8.78. The second-order valence-electron chi connectivity index (χ2n) is 7.03. The minimum absolute atomic E-state index is 0.0934. The van der Waals surface area contributed by atoms with Gasteiger partial charge < -0.3 is 19.9 Å². The molecule has 0 spiro atoms. The number of carbonyl (C=O) groups excluding carboxylic acids is 2. The molecular formula is C21H26ClN3O3S. The average molecular weight is 436 g/mol. The van der Waals surface area contributed by atoms with Crippen LogP contribution in [0.2, 0.25) is 4.34 Å². The summed E-state index contributed by atoms with van der Waals surface area (Å²) >= 11 is 7.43. The first-order valence-electron chi connectivity index (χ1n) is 9.67. The number of hydrogen-bond acceptors (Lipinski definition) is 4. The van der Waals surface area contributed by atoms with E-state index in [1.54, 1.807) is 12.0 Å². The number of benzene rings is 1. The van der Waals surface area contributed by atoms with Gasteiger partial charge in [-0.1, -0.05) is 23.7 Å². The van der Waals surface area contributed by atoms with E-state index >= 15 is 0 Å². The number of rotatable bonds is 6. The van der Waals surface area contributed by atoms with Crippen LogP contribution in [0, 0.1) is 0 Å². The van der Waals surface area contributed by atoms with Gasteiger partial charge in [0.2, 0.25) is 5.91 Å². The van der Waals surface area contributed by atoms with Crippen LogP contribution in [0.3, 0.4) is 0 Å². The van der Waals surface area contributed by atoms with Gasteiger partial charge in [-0.3, -0.25) is 4.79 Å². The molecule has 3 amide bonds. The maximum atomic E-state index is 12.5. The van der Waals surface area contributed by atoms with Crippen molar-refractivity contribution in [3.05, 3.63) is 51.2 Å². The van der Waals surface area contributed by atoms with Crippen molar-refractivity contribution in [1.29, 1.82) is 0 Å². The van der Waals surface area contributed by atoms with Crippen molar-refractivity contribution in [3.63, 3.8) is 0 Å². The highest BCUT2D eigenvalue weighted by atomic mass is 35.5. The lowest BCUT2D eigenvalue weighted by Crippen LogP contribution is -2.53. The molecule has 0 radical (unpaired) electrons. The van der Waals surface area contributed by atoms with Gasteiger partial charge in [0, 0.05) is 37.5 Å². The van der Waals surface area contributed by atoms with Crippen molar-refractivity contribution in [1.82, 2.24) is 15.1 Å². The fourth-order valence-corrected chi connectivity index (χ4v) is 4.33. The minimum Gasteiger partial charge on any atom is -0.497 e. The third-order valence-electron chi connectivity index (χ3n) is 5.07. The Balaban J connectivity index is 1.41. The summed E-state index contributed by atoms with van der Waals surface area (Å²) in [6, 6.07) is 11.3. The van der Waals surface area contributed by atoms with E-state index < -0.39 is 0 Å². The van der Waals surface area contributed by atoms with Gasteiger partial charge in [0.15, 0.2) is 0 Å². The molecule has 2 heterocycles. The SMILES string of the molecule is COc1ccc(CCC(=O)N2CCN(C(=O)NC(C)c3ccc(Cl)s3)CC2)cc1. The summed E-state index contributed by atoms with van der Waals surface area (Å²) in [6.45, 7) is 4.15. The molecule has 6 nitrogen and oxygen atoms in total. The molecule has 1 aliphatic rings. The fourth-order valence-electron chi connectivity index (χ4n) is 3.27. The standard InChI is InChI=1S/C21H26ClN3O3S/c1-15(18-8-9-19(22)29-18)23-21(27)25-13-11-24(12-14-25)20(26)10-5-16-3-6-17(28-2)7-4-16/h3-4,6-9,15H,5,10-14H2,1-2H3,(H,23,27). The van der Waals surface area contributed by atoms with Gasteiger partial charge in [0.25, 0.3) is 0 Å². The van der Waals surface area contributed by atoms with Crippen LogP contribution in [-0.4, -0.2) is 55.0 Å². The molecule has 0 saturated carbocycles. The lowest BCUT2D eigenvalue weighted by Gasteiger charge is -2.35. The maximum absolute atomic E-state index is 12.5. The third kappa shape index (κ3) is 5.87. The Morgan fingerprint density at radius 1 is 1.10 bits per heavy atom. The number of ether oxygens (including phenoxy) is 1. The molecule has 1 aromatic heterocycles. The van der Waals surface area contributed by atoms with Crippen molar-refractivity contribution >= 4 is 34.9 Å². The molecule has 0 bridgehead atoms. The highest BCUT2D eigenvalue weighted by Crippen LogP contribution is 2.26. The molecule has 2 aromatic rings. The van der Waals surface area contributed by atoms with Gasteiger partial charge in [-0.05, 0) is 43.2 Å². The summed E-state index contributed by atoms with van der Waals surface area (Å²) in [5.41, 5.74) is 1.11. The van der Waals surface area contributed by atoms with Crippen LogP contribution in [0.25, 0.3) is 0 Å². The number of nitrogens with one attached hydrogen (secondary N) is 1. The van der Waals surface area contributed by atoms with Crippen molar-refractivity contribution in [3.8, 4) is 5.75 Å². The molecule has 1 aliphatic heterocycles. The van der Waals surface area contributed by atoms with E-state index in [0.717, 1.165) is 16.2 Å². The van der Waals surface area contributed by atoms with E-state index in [2.05, 4.69) is 5.32 Å². The maximum Gasteiger partial charge on any atom is 0.318 e. The van der Waals surface area contributed by atoms with Gasteiger partial charge in [-0.2, -0.15) is 0 Å². The molecule has 3 rings (SSSR count). The first kappa shape index (κ1) is 21.5. The third-order valence-corrected chi connectivity index (χ3v) is 6.48. The van der Waals surface area contributed by atoms with E-state index in [4.69, 9.17) is 16.3 Å². The number of aryl methyl sites for hydroxylation is 1. The van der Waals surface area contributed by atoms with Crippen LogP contribution in [0.4, 0.5) is 4.79 Å². The number of thiophene rings is 1. The number of amides is 3. The Bertz CT molecular complexity index is 832. The van der Waals surface area contributed by atoms with E-state index in [0.29, 0.717) is 43.4 Å². The molecule has 1 atom stereocenters. The monoisotopic (exact) mass is 435 g/mol. The molecule has 1 N–H and O–H groups in total. The summed E-state index contributed by atoms with van der Waals surface area (Å²) in [5, 5.41) is 3.00. The van der Waals surface area contributed by atoms with Gasteiger partial charge in [-0.25, -0.2) is 4.79 Å². The average Bonchev–Trinajstić information content (AvgIpc) is 3.19. The van der Waals surface area contributed by atoms with E-state index in [1.165, 1.54) is 11.3 Å². The van der Waals surface area contributed by atoms with Crippen molar-refractivity contribution in [2.45, 2.75) is 25.8 Å². The molecule has 156 valence electrons. The molecule has 1 unspecified atom stereocenters. The van der Waals surface area contributed by atoms with Gasteiger partial charge in [-0.15, -0.1) is 11.3 Å². The van der Waals surface area contributed by atoms with Crippen LogP contribution < -0.4 is 10.1 Å². The molecule has 1 saturated heterocycles. The summed E-state index contributed by atoms with van der Waals surface area (Å²) in [5.74, 6) is 0.938. The largest absolute Gasteiger partial charge is 0.497 e. The highest BCUT2D eigenvalue weighted by Gasteiger charge is 2.25. The van der Waals surface area contributed by atoms with Crippen LogP contribution in [-0.2, 0) is 11.2 Å². The van der Waals surface area contributed by atoms with E-state index in [1.807, 2.05) is 48.2 Å². The Kier molecular flexibility index (Phi) is 7.39. The number of nitrogens with zero attached hydrogens (tertiary/aromatic N) is 2. The van der Waals surface area contributed by atoms with E-state index in [9.17, 15) is 9.59 Å². The van der Waals surface area contributed by atoms with Gasteiger partial charge in [0.05, 0.1) is 17.5 Å². The summed E-state index contributed by atoms with van der Waals surface area (Å²) in [6.07, 6.45) is 1.17. The number of hydrogen-bond donors (Lipinski definition) is 1. The minimum atomic E-state index is -0.104. The molecule has 8 heteroatoms. The Morgan fingerprint density at radius 2 is 1.76 bits per heavy atom. The first-order valence-corrected chi connectivity index (χ1v) is 10.9. The molecule has 1 aromatic carbocycles. The number of urea groups is 1. The predicted molar refractivity (Wildman–Crippen MR) is 116 cm³/mol. The normalized spacial score (nSPS) is 15.1. The van der Waals surface area contributed by atoms with Crippen LogP contribution in [0.15, 0.2) is 36.4 Å². The highest BCUT2D eigenvalue weighted by molar-refractivity contribution is 7.16. The van der Waals surface area contributed by atoms with Crippen molar-refractivity contribution < 1.29 is 14.3 Å². The van der Waals surface area contributed by atoms with Crippen LogP contribution >= 0.6 is 22.9 Å². The fraction of sp³-hybridized carbons (Fsp3) is 0.429. The summed E-state index contributed by atoms with van der Waals surface area (Å²) in [4.78, 5) is 29.6. The zero-order chi connectivity index (χ0) is 20.8. The zero-order valence-corrected chi connectivity index (χ0v) is 18.3. The Labute approximate surface area is 180 Å². The lowest BCUT2D eigenvalue weighted by atomic mass is 10.1. The Hall–Kier alpha value is -2.25. The summed E-state index contributed by atoms with van der Waals surface area (Å²) < 4.78 is 5.86. The molecule has 29 heavy (non-hydrogen) atoms. The zero-order valence-electron chi connectivity index (χ0n) is 16.7. The second kappa shape index (κ2) is 9.98. The smallest absolute Gasteiger partial charge is 0.318 e. The number of carbonyl (C=O) groups is 2. The number of methoxy groups -OCH3 is 1. The first-order chi connectivity index (χ1) is 14.0. The van der Waals surface area contributed by atoms with Crippen LogP contribution in [0.5, 0.6) is 5.75 Å². The van der Waals surface area contributed by atoms with Gasteiger partial charge >= 0.3 is 6.03 Å². The van der Waals surface area contributed by atoms with E-state index in [-0.39, 0.29) is 18.0 Å². The molecular weight excluding hydrogens is 410 g/mol. The number of halogens is 1. The van der Waals surface area contributed by atoms with Crippen LogP contribution in [0.1, 0.15) is 29.8 Å².